The predicted octanol–water partition coefficient (Wildman–Crippen LogP) is 6.15. The summed E-state index contributed by atoms with van der Waals surface area (Å²) >= 11 is 10.8. The standard InChI is InChI=1S/C29H38ClN3O4S/c1-17-10-7-14-21(19(17)3)25(26(34)32-24-18(2)11-8-15-22(24)30)33(20-12-9-13-20)27(35)23(16-38)31-28(36)37-29(4,5)6/h7-8,10-11,14-15,20,23,25,38H,9,12-13,16H2,1-6H3,(H,31,36)(H,32,34). The van der Waals surface area contributed by atoms with Gasteiger partial charge in [-0.3, -0.25) is 9.59 Å². The third-order valence-electron chi connectivity index (χ3n) is 6.83. The molecule has 0 bridgehead atoms. The van der Waals surface area contributed by atoms with Crippen LogP contribution in [0.2, 0.25) is 5.02 Å². The summed E-state index contributed by atoms with van der Waals surface area (Å²) in [6.45, 7) is 11.0. The minimum Gasteiger partial charge on any atom is -0.444 e. The normalized spacial score (nSPS) is 15.2. The van der Waals surface area contributed by atoms with Gasteiger partial charge in [0, 0.05) is 11.8 Å². The number of nitrogens with zero attached hydrogens (tertiary/aromatic N) is 1. The third kappa shape index (κ3) is 7.03. The lowest BCUT2D eigenvalue weighted by Gasteiger charge is -2.44. The molecule has 2 atom stereocenters. The van der Waals surface area contributed by atoms with Crippen LogP contribution < -0.4 is 10.6 Å². The second kappa shape index (κ2) is 12.4. The van der Waals surface area contributed by atoms with E-state index in [0.29, 0.717) is 10.7 Å². The van der Waals surface area contributed by atoms with E-state index >= 15 is 0 Å². The van der Waals surface area contributed by atoms with E-state index < -0.39 is 23.8 Å². The Morgan fingerprint density at radius 1 is 1.08 bits per heavy atom. The zero-order valence-corrected chi connectivity index (χ0v) is 24.6. The first-order chi connectivity index (χ1) is 17.8. The molecule has 2 N–H and O–H groups in total. The second-order valence-electron chi connectivity index (χ2n) is 10.8. The maximum absolute atomic E-state index is 14.1. The molecule has 2 aromatic rings. The average Bonchev–Trinajstić information content (AvgIpc) is 2.79. The molecule has 206 valence electrons. The summed E-state index contributed by atoms with van der Waals surface area (Å²) in [5, 5.41) is 6.08. The fraction of sp³-hybridized carbons (Fsp3) is 0.483. The number of aryl methyl sites for hydroxylation is 2. The van der Waals surface area contributed by atoms with Crippen molar-refractivity contribution in [1.82, 2.24) is 10.2 Å². The first-order valence-corrected chi connectivity index (χ1v) is 13.9. The molecule has 0 aliphatic heterocycles. The second-order valence-corrected chi connectivity index (χ2v) is 11.6. The molecule has 3 amide bonds. The number of carbonyl (C=O) groups is 3. The van der Waals surface area contributed by atoms with Crippen molar-refractivity contribution in [3.8, 4) is 0 Å². The Morgan fingerprint density at radius 2 is 1.71 bits per heavy atom. The number of carbonyl (C=O) groups excluding carboxylic acids is 3. The van der Waals surface area contributed by atoms with Crippen molar-refractivity contribution in [2.24, 2.45) is 0 Å². The molecule has 2 aromatic carbocycles. The molecule has 0 heterocycles. The lowest BCUT2D eigenvalue weighted by atomic mass is 9.86. The van der Waals surface area contributed by atoms with Crippen molar-refractivity contribution < 1.29 is 19.1 Å². The summed E-state index contributed by atoms with van der Waals surface area (Å²) in [7, 11) is 0. The largest absolute Gasteiger partial charge is 0.444 e. The van der Waals surface area contributed by atoms with Crippen molar-refractivity contribution in [2.75, 3.05) is 11.1 Å². The van der Waals surface area contributed by atoms with Crippen LogP contribution in [-0.4, -0.2) is 46.2 Å². The highest BCUT2D eigenvalue weighted by atomic mass is 35.5. The van der Waals surface area contributed by atoms with Gasteiger partial charge in [0.2, 0.25) is 5.91 Å². The van der Waals surface area contributed by atoms with Crippen molar-refractivity contribution in [1.29, 1.82) is 0 Å². The number of hydrogen-bond acceptors (Lipinski definition) is 5. The molecule has 0 radical (unpaired) electrons. The van der Waals surface area contributed by atoms with E-state index in [0.717, 1.165) is 41.5 Å². The number of anilines is 1. The number of nitrogens with one attached hydrogen (secondary N) is 2. The molecule has 1 fully saturated rings. The SMILES string of the molecule is Cc1cccc(C(C(=O)Nc2c(C)cccc2Cl)N(C(=O)C(CS)NC(=O)OC(C)(C)C)C2CCC2)c1C. The lowest BCUT2D eigenvalue weighted by molar-refractivity contribution is -0.145. The van der Waals surface area contributed by atoms with Gasteiger partial charge in [0.25, 0.3) is 5.91 Å². The van der Waals surface area contributed by atoms with Crippen LogP contribution in [0.25, 0.3) is 0 Å². The minimum absolute atomic E-state index is 0.0477. The number of rotatable bonds is 8. The lowest BCUT2D eigenvalue weighted by Crippen LogP contribution is -2.57. The van der Waals surface area contributed by atoms with Crippen LogP contribution in [0.3, 0.4) is 0 Å². The fourth-order valence-electron chi connectivity index (χ4n) is 4.47. The first-order valence-electron chi connectivity index (χ1n) is 12.9. The van der Waals surface area contributed by atoms with Crippen LogP contribution >= 0.6 is 24.2 Å². The number of amides is 3. The molecular formula is C29H38ClN3O4S. The summed E-state index contributed by atoms with van der Waals surface area (Å²) in [5.41, 5.74) is 3.24. The summed E-state index contributed by atoms with van der Waals surface area (Å²) in [6.07, 6.45) is 1.76. The topological polar surface area (TPSA) is 87.7 Å². The molecule has 1 saturated carbocycles. The number of ether oxygens (including phenoxy) is 1. The van der Waals surface area contributed by atoms with Gasteiger partial charge in [0.1, 0.15) is 17.7 Å². The minimum atomic E-state index is -0.976. The predicted molar refractivity (Wildman–Crippen MR) is 155 cm³/mol. The van der Waals surface area contributed by atoms with Crippen molar-refractivity contribution >= 4 is 47.8 Å². The van der Waals surface area contributed by atoms with Crippen LogP contribution in [0.5, 0.6) is 0 Å². The third-order valence-corrected chi connectivity index (χ3v) is 7.51. The number of benzene rings is 2. The van der Waals surface area contributed by atoms with E-state index in [2.05, 4.69) is 23.3 Å². The average molecular weight is 560 g/mol. The van der Waals surface area contributed by atoms with Crippen molar-refractivity contribution in [3.05, 3.63) is 63.7 Å². The van der Waals surface area contributed by atoms with E-state index in [1.807, 2.05) is 51.1 Å². The van der Waals surface area contributed by atoms with Crippen molar-refractivity contribution in [3.63, 3.8) is 0 Å². The zero-order valence-electron chi connectivity index (χ0n) is 22.9. The monoisotopic (exact) mass is 559 g/mol. The van der Waals surface area contributed by atoms with Gasteiger partial charge in [-0.1, -0.05) is 41.9 Å². The number of hydrogen-bond donors (Lipinski definition) is 3. The summed E-state index contributed by atoms with van der Waals surface area (Å²) in [4.78, 5) is 42.4. The Labute approximate surface area is 236 Å². The van der Waals surface area contributed by atoms with Crippen molar-refractivity contribution in [2.45, 2.75) is 84.5 Å². The zero-order chi connectivity index (χ0) is 28.2. The Kier molecular flexibility index (Phi) is 9.76. The van der Waals surface area contributed by atoms with Gasteiger partial charge in [-0.05, 0) is 89.1 Å². The Balaban J connectivity index is 2.06. The van der Waals surface area contributed by atoms with E-state index in [1.165, 1.54) is 0 Å². The maximum Gasteiger partial charge on any atom is 0.408 e. The molecule has 1 aliphatic carbocycles. The highest BCUT2D eigenvalue weighted by Gasteiger charge is 2.42. The van der Waals surface area contributed by atoms with Crippen LogP contribution in [0, 0.1) is 20.8 Å². The quantitative estimate of drug-likeness (QED) is 0.339. The van der Waals surface area contributed by atoms with Gasteiger partial charge in [-0.2, -0.15) is 12.6 Å². The van der Waals surface area contributed by atoms with Crippen LogP contribution in [-0.2, 0) is 14.3 Å². The molecule has 1 aliphatic rings. The van der Waals surface area contributed by atoms with Gasteiger partial charge < -0.3 is 20.3 Å². The first kappa shape index (κ1) is 29.8. The Morgan fingerprint density at radius 3 is 2.26 bits per heavy atom. The molecule has 9 heteroatoms. The number of alkyl carbamates (subject to hydrolysis) is 1. The molecule has 0 aromatic heterocycles. The summed E-state index contributed by atoms with van der Waals surface area (Å²) in [6, 6.07) is 9.06. The number of para-hydroxylation sites is 1. The molecule has 0 saturated heterocycles. The van der Waals surface area contributed by atoms with Crippen LogP contribution in [0.15, 0.2) is 36.4 Å². The molecule has 38 heavy (non-hydrogen) atoms. The number of thiol groups is 1. The summed E-state index contributed by atoms with van der Waals surface area (Å²) < 4.78 is 5.38. The van der Waals surface area contributed by atoms with Gasteiger partial charge >= 0.3 is 6.09 Å². The van der Waals surface area contributed by atoms with Gasteiger partial charge in [-0.15, -0.1) is 0 Å². The smallest absolute Gasteiger partial charge is 0.408 e. The highest BCUT2D eigenvalue weighted by Crippen LogP contribution is 2.37. The fourth-order valence-corrected chi connectivity index (χ4v) is 4.98. The molecule has 2 unspecified atom stereocenters. The van der Waals surface area contributed by atoms with E-state index in [4.69, 9.17) is 16.3 Å². The summed E-state index contributed by atoms with van der Waals surface area (Å²) in [5.74, 6) is -0.704. The van der Waals surface area contributed by atoms with E-state index in [-0.39, 0.29) is 23.6 Å². The molecule has 7 nitrogen and oxygen atoms in total. The van der Waals surface area contributed by atoms with E-state index in [1.54, 1.807) is 31.7 Å². The van der Waals surface area contributed by atoms with Crippen LogP contribution in [0.4, 0.5) is 10.5 Å². The van der Waals surface area contributed by atoms with Crippen LogP contribution in [0.1, 0.15) is 68.3 Å². The highest BCUT2D eigenvalue weighted by molar-refractivity contribution is 7.80. The Hall–Kier alpha value is -2.71. The number of halogens is 1. The maximum atomic E-state index is 14.1. The van der Waals surface area contributed by atoms with Gasteiger partial charge in [-0.25, -0.2) is 4.79 Å². The molecule has 3 rings (SSSR count). The molecular weight excluding hydrogens is 522 g/mol. The Bertz CT molecular complexity index is 1170. The van der Waals surface area contributed by atoms with Gasteiger partial charge in [0.15, 0.2) is 0 Å². The van der Waals surface area contributed by atoms with E-state index in [9.17, 15) is 14.4 Å². The molecule has 0 spiro atoms. The van der Waals surface area contributed by atoms with Gasteiger partial charge in [0.05, 0.1) is 10.7 Å².